The van der Waals surface area contributed by atoms with Crippen LogP contribution in [0.25, 0.3) is 0 Å². The molecule has 2 atom stereocenters. The number of carboxylic acid groups (broad SMARTS) is 1. The van der Waals surface area contributed by atoms with Gasteiger partial charge in [-0.15, -0.1) is 0 Å². The van der Waals surface area contributed by atoms with Gasteiger partial charge in [0.15, 0.2) is 0 Å². The Morgan fingerprint density at radius 1 is 1.45 bits per heavy atom. The summed E-state index contributed by atoms with van der Waals surface area (Å²) in [5, 5.41) is 9.49. The molecule has 20 heavy (non-hydrogen) atoms. The number of hydrogen-bond acceptors (Lipinski definition) is 3. The molecule has 0 aliphatic carbocycles. The Bertz CT molecular complexity index is 526. The lowest BCUT2D eigenvalue weighted by Gasteiger charge is -2.46. The van der Waals surface area contributed by atoms with Crippen molar-refractivity contribution < 1.29 is 19.1 Å². The minimum Gasteiger partial charge on any atom is -0.481 e. The van der Waals surface area contributed by atoms with E-state index < -0.39 is 23.5 Å². The first-order chi connectivity index (χ1) is 9.23. The zero-order chi connectivity index (χ0) is 15.1. The lowest BCUT2D eigenvalue weighted by Crippen LogP contribution is -2.53. The third-order valence-electron chi connectivity index (χ3n) is 3.81. The number of rotatable bonds is 2. The molecular weight excluding hydrogens is 258 g/mol. The molecule has 1 aliphatic heterocycles. The molecule has 1 aromatic heterocycles. The minimum absolute atomic E-state index is 0.0178. The van der Waals surface area contributed by atoms with E-state index >= 15 is 0 Å². The quantitative estimate of drug-likeness (QED) is 0.903. The van der Waals surface area contributed by atoms with Crippen molar-refractivity contribution in [1.82, 2.24) is 4.90 Å². The number of aryl methyl sites for hydroxylation is 1. The van der Waals surface area contributed by atoms with Crippen LogP contribution in [0.1, 0.15) is 51.0 Å². The highest BCUT2D eigenvalue weighted by molar-refractivity contribution is 5.82. The van der Waals surface area contributed by atoms with Gasteiger partial charge in [-0.05, 0) is 45.7 Å². The van der Waals surface area contributed by atoms with Crippen LogP contribution in [0.3, 0.4) is 0 Å². The maximum absolute atomic E-state index is 12.3. The number of amides is 1. The molecule has 110 valence electrons. The second-order valence-electron chi connectivity index (χ2n) is 6.33. The summed E-state index contributed by atoms with van der Waals surface area (Å²) in [7, 11) is 0. The molecule has 1 saturated heterocycles. The number of carboxylic acids is 1. The Morgan fingerprint density at radius 3 is 2.55 bits per heavy atom. The monoisotopic (exact) mass is 279 g/mol. The van der Waals surface area contributed by atoms with Crippen molar-refractivity contribution in [2.75, 3.05) is 0 Å². The van der Waals surface area contributed by atoms with E-state index in [2.05, 4.69) is 0 Å². The summed E-state index contributed by atoms with van der Waals surface area (Å²) in [6, 6.07) is 1.26. The van der Waals surface area contributed by atoms with Crippen LogP contribution in [0.5, 0.6) is 0 Å². The molecule has 5 heteroatoms. The highest BCUT2D eigenvalue weighted by Crippen LogP contribution is 2.42. The van der Waals surface area contributed by atoms with Crippen molar-refractivity contribution in [2.45, 2.75) is 52.1 Å². The number of likely N-dealkylation sites (tertiary alicyclic amines) is 1. The molecule has 5 nitrogen and oxygen atoms in total. The molecule has 0 aromatic carbocycles. The van der Waals surface area contributed by atoms with Crippen molar-refractivity contribution in [3.8, 4) is 0 Å². The number of nitrogens with zero attached hydrogens (tertiary/aromatic N) is 1. The molecule has 1 fully saturated rings. The molecule has 0 spiro atoms. The molecular formula is C15H21NO4. The van der Waals surface area contributed by atoms with Crippen LogP contribution in [0.15, 0.2) is 16.7 Å². The summed E-state index contributed by atoms with van der Waals surface area (Å²) in [5.74, 6) is -0.944. The van der Waals surface area contributed by atoms with E-state index in [9.17, 15) is 14.7 Å². The Balaban J connectivity index is 2.53. The van der Waals surface area contributed by atoms with Gasteiger partial charge in [0.1, 0.15) is 11.8 Å². The fourth-order valence-corrected chi connectivity index (χ4v) is 2.93. The lowest BCUT2D eigenvalue weighted by atomic mass is 9.83. The molecule has 2 unspecified atom stereocenters. The van der Waals surface area contributed by atoms with E-state index in [1.54, 1.807) is 17.2 Å². The Kier molecular flexibility index (Phi) is 3.63. The number of hydrogen-bond donors (Lipinski definition) is 1. The highest BCUT2D eigenvalue weighted by atomic mass is 16.4. The van der Waals surface area contributed by atoms with Gasteiger partial charge >= 0.3 is 5.97 Å². The average Bonchev–Trinajstić information content (AvgIpc) is 2.72. The third-order valence-corrected chi connectivity index (χ3v) is 3.81. The van der Waals surface area contributed by atoms with Crippen LogP contribution < -0.4 is 0 Å². The molecule has 2 rings (SSSR count). The van der Waals surface area contributed by atoms with Crippen LogP contribution in [0.4, 0.5) is 0 Å². The number of aliphatic carboxylic acids is 1. The Morgan fingerprint density at radius 2 is 2.10 bits per heavy atom. The number of piperidine rings is 1. The zero-order valence-corrected chi connectivity index (χ0v) is 12.3. The lowest BCUT2D eigenvalue weighted by molar-refractivity contribution is -0.157. The van der Waals surface area contributed by atoms with Gasteiger partial charge in [0.05, 0.1) is 12.2 Å². The first-order valence-electron chi connectivity index (χ1n) is 6.82. The standard InChI is InChI=1S/C15H21NO4/c1-9-7-8-20-13(9)12-10(14(18)19)5-6-11(17)16(12)15(2,3)4/h7-8,10,12H,5-6H2,1-4H3,(H,18,19). The zero-order valence-electron chi connectivity index (χ0n) is 12.3. The van der Waals surface area contributed by atoms with Gasteiger partial charge in [-0.1, -0.05) is 0 Å². The molecule has 1 amide bonds. The average molecular weight is 279 g/mol. The van der Waals surface area contributed by atoms with Crippen molar-refractivity contribution in [2.24, 2.45) is 5.92 Å². The molecule has 0 radical (unpaired) electrons. The molecule has 0 bridgehead atoms. The van der Waals surface area contributed by atoms with Crippen molar-refractivity contribution >= 4 is 11.9 Å². The Labute approximate surface area is 118 Å². The highest BCUT2D eigenvalue weighted by Gasteiger charge is 2.46. The third kappa shape index (κ3) is 2.44. The van der Waals surface area contributed by atoms with E-state index in [0.717, 1.165) is 5.56 Å². The minimum atomic E-state index is -0.882. The Hall–Kier alpha value is -1.78. The van der Waals surface area contributed by atoms with E-state index in [1.807, 2.05) is 27.7 Å². The summed E-state index contributed by atoms with van der Waals surface area (Å²) < 4.78 is 5.50. The summed E-state index contributed by atoms with van der Waals surface area (Å²) in [5.41, 5.74) is 0.431. The largest absolute Gasteiger partial charge is 0.481 e. The van der Waals surface area contributed by atoms with Gasteiger partial charge in [-0.2, -0.15) is 0 Å². The van der Waals surface area contributed by atoms with Crippen molar-refractivity contribution in [1.29, 1.82) is 0 Å². The SMILES string of the molecule is Cc1ccoc1C1C(C(=O)O)CCC(=O)N1C(C)(C)C. The van der Waals surface area contributed by atoms with Gasteiger partial charge in [0.25, 0.3) is 0 Å². The van der Waals surface area contributed by atoms with Crippen LogP contribution in [0, 0.1) is 12.8 Å². The van der Waals surface area contributed by atoms with E-state index in [0.29, 0.717) is 12.2 Å². The van der Waals surface area contributed by atoms with Crippen molar-refractivity contribution in [3.05, 3.63) is 23.7 Å². The fraction of sp³-hybridized carbons (Fsp3) is 0.600. The summed E-state index contributed by atoms with van der Waals surface area (Å²) in [4.78, 5) is 25.6. The molecule has 1 aliphatic rings. The maximum atomic E-state index is 12.3. The van der Waals surface area contributed by atoms with E-state index in [-0.39, 0.29) is 12.3 Å². The fourth-order valence-electron chi connectivity index (χ4n) is 2.93. The number of carbonyl (C=O) groups excluding carboxylic acids is 1. The molecule has 1 aromatic rings. The summed E-state index contributed by atoms with van der Waals surface area (Å²) in [6.07, 6.45) is 2.17. The molecule has 0 saturated carbocycles. The molecule has 1 N–H and O–H groups in total. The first kappa shape index (κ1) is 14.6. The summed E-state index contributed by atoms with van der Waals surface area (Å²) >= 11 is 0. The van der Waals surface area contributed by atoms with Gasteiger partial charge in [-0.25, -0.2) is 0 Å². The second-order valence-corrected chi connectivity index (χ2v) is 6.33. The number of carbonyl (C=O) groups is 2. The van der Waals surface area contributed by atoms with Gasteiger partial charge in [0, 0.05) is 12.0 Å². The van der Waals surface area contributed by atoms with Crippen LogP contribution in [0.2, 0.25) is 0 Å². The smallest absolute Gasteiger partial charge is 0.309 e. The second kappa shape index (κ2) is 4.96. The van der Waals surface area contributed by atoms with Crippen LogP contribution in [-0.2, 0) is 9.59 Å². The normalized spacial score (nSPS) is 24.0. The predicted molar refractivity (Wildman–Crippen MR) is 73.1 cm³/mol. The van der Waals surface area contributed by atoms with Gasteiger partial charge in [0.2, 0.25) is 5.91 Å². The van der Waals surface area contributed by atoms with E-state index in [4.69, 9.17) is 4.42 Å². The molecule has 2 heterocycles. The first-order valence-corrected chi connectivity index (χ1v) is 6.82. The predicted octanol–water partition coefficient (Wildman–Crippen LogP) is 2.75. The number of furan rings is 1. The summed E-state index contributed by atoms with van der Waals surface area (Å²) in [6.45, 7) is 7.62. The van der Waals surface area contributed by atoms with E-state index in [1.165, 1.54) is 0 Å². The van der Waals surface area contributed by atoms with Crippen molar-refractivity contribution in [3.63, 3.8) is 0 Å². The topological polar surface area (TPSA) is 70.7 Å². The van der Waals surface area contributed by atoms with Gasteiger partial charge in [-0.3, -0.25) is 9.59 Å². The maximum Gasteiger partial charge on any atom is 0.309 e. The van der Waals surface area contributed by atoms with Crippen LogP contribution in [-0.4, -0.2) is 27.4 Å². The van der Waals surface area contributed by atoms with Crippen LogP contribution >= 0.6 is 0 Å². The van der Waals surface area contributed by atoms with Gasteiger partial charge < -0.3 is 14.4 Å².